The zero-order valence-electron chi connectivity index (χ0n) is 14.2. The number of hydrogen-bond acceptors (Lipinski definition) is 7. The number of H-pyrrole nitrogens is 1. The number of primary amides is 1. The van der Waals surface area contributed by atoms with E-state index in [4.69, 9.17) is 11.5 Å². The topological polar surface area (TPSA) is 222 Å². The van der Waals surface area contributed by atoms with E-state index in [0.717, 1.165) is 0 Å². The number of rotatable bonds is 11. The van der Waals surface area contributed by atoms with Crippen LogP contribution in [0.4, 0.5) is 0 Å². The summed E-state index contributed by atoms with van der Waals surface area (Å²) < 4.78 is 0. The Balaban J connectivity index is 2.74. The zero-order chi connectivity index (χ0) is 20.4. The number of aromatic nitrogens is 2. The van der Waals surface area contributed by atoms with Gasteiger partial charge in [-0.15, -0.1) is 0 Å². The Morgan fingerprint density at radius 1 is 1.15 bits per heavy atom. The Morgan fingerprint density at radius 3 is 2.37 bits per heavy atom. The molecule has 0 saturated carbocycles. The van der Waals surface area contributed by atoms with Crippen LogP contribution >= 0.6 is 0 Å². The minimum absolute atomic E-state index is 0.0924. The maximum atomic E-state index is 12.3. The number of amides is 4. The highest BCUT2D eigenvalue weighted by atomic mass is 16.4. The first-order valence-corrected chi connectivity index (χ1v) is 7.77. The van der Waals surface area contributed by atoms with E-state index in [2.05, 4.69) is 25.9 Å². The van der Waals surface area contributed by atoms with Gasteiger partial charge >= 0.3 is 5.97 Å². The molecule has 0 aliphatic rings. The molecular formula is C14H21N7O6. The number of hydrogen-bond donors (Lipinski definition) is 7. The van der Waals surface area contributed by atoms with Gasteiger partial charge in [0.15, 0.2) is 0 Å². The first-order valence-electron chi connectivity index (χ1n) is 7.77. The smallest absolute Gasteiger partial charge is 0.326 e. The van der Waals surface area contributed by atoms with Crippen molar-refractivity contribution in [3.8, 4) is 0 Å². The molecule has 0 aliphatic carbocycles. The van der Waals surface area contributed by atoms with Crippen molar-refractivity contribution in [3.05, 3.63) is 18.2 Å². The van der Waals surface area contributed by atoms with Crippen LogP contribution < -0.4 is 27.4 Å². The number of aliphatic carboxylic acids is 1. The molecule has 0 bridgehead atoms. The molecule has 0 spiro atoms. The van der Waals surface area contributed by atoms with Crippen LogP contribution in [0.15, 0.2) is 12.5 Å². The summed E-state index contributed by atoms with van der Waals surface area (Å²) >= 11 is 0. The van der Waals surface area contributed by atoms with Gasteiger partial charge in [-0.2, -0.15) is 0 Å². The van der Waals surface area contributed by atoms with E-state index in [9.17, 15) is 29.1 Å². The lowest BCUT2D eigenvalue weighted by molar-refractivity contribution is -0.142. The predicted octanol–water partition coefficient (Wildman–Crippen LogP) is -4.04. The minimum atomic E-state index is -1.41. The molecule has 9 N–H and O–H groups in total. The van der Waals surface area contributed by atoms with Gasteiger partial charge in [-0.1, -0.05) is 0 Å². The van der Waals surface area contributed by atoms with E-state index in [1.54, 1.807) is 0 Å². The van der Waals surface area contributed by atoms with Crippen molar-refractivity contribution in [2.75, 3.05) is 13.1 Å². The van der Waals surface area contributed by atoms with Gasteiger partial charge in [0.1, 0.15) is 12.1 Å². The summed E-state index contributed by atoms with van der Waals surface area (Å²) in [5.74, 6) is -4.50. The highest BCUT2D eigenvalue weighted by Gasteiger charge is 2.28. The highest BCUT2D eigenvalue weighted by Crippen LogP contribution is 2.01. The number of nitrogens with one attached hydrogen (secondary N) is 4. The molecule has 4 amide bonds. The van der Waals surface area contributed by atoms with Crippen molar-refractivity contribution >= 4 is 29.6 Å². The summed E-state index contributed by atoms with van der Waals surface area (Å²) in [6.45, 7) is -0.804. The molecule has 0 aliphatic heterocycles. The third-order valence-corrected chi connectivity index (χ3v) is 3.28. The Labute approximate surface area is 153 Å². The van der Waals surface area contributed by atoms with E-state index in [1.165, 1.54) is 12.5 Å². The molecule has 0 aromatic carbocycles. The number of carbonyl (C=O) groups is 5. The molecule has 27 heavy (non-hydrogen) atoms. The van der Waals surface area contributed by atoms with Gasteiger partial charge in [0.05, 0.1) is 25.8 Å². The molecule has 2 atom stereocenters. The molecule has 1 aromatic rings. The molecular weight excluding hydrogens is 362 g/mol. The number of nitrogens with zero attached hydrogens (tertiary/aromatic N) is 1. The fourth-order valence-electron chi connectivity index (χ4n) is 2.00. The maximum Gasteiger partial charge on any atom is 0.326 e. The predicted molar refractivity (Wildman–Crippen MR) is 89.7 cm³/mol. The van der Waals surface area contributed by atoms with Crippen LogP contribution in [-0.2, 0) is 30.4 Å². The van der Waals surface area contributed by atoms with Gasteiger partial charge in [0.2, 0.25) is 23.6 Å². The molecule has 0 saturated heterocycles. The van der Waals surface area contributed by atoms with Crippen molar-refractivity contribution in [1.29, 1.82) is 0 Å². The van der Waals surface area contributed by atoms with Gasteiger partial charge in [0.25, 0.3) is 0 Å². The second kappa shape index (κ2) is 10.5. The van der Waals surface area contributed by atoms with E-state index in [0.29, 0.717) is 5.69 Å². The molecule has 0 fully saturated rings. The van der Waals surface area contributed by atoms with E-state index in [1.807, 2.05) is 0 Å². The van der Waals surface area contributed by atoms with Gasteiger partial charge in [-0.25, -0.2) is 9.78 Å². The van der Waals surface area contributed by atoms with Crippen molar-refractivity contribution < 1.29 is 29.1 Å². The standard InChI is InChI=1S/C14H21N7O6/c15-3-11(23)18-5-12(24)20-8(2-10(16)22)13(25)21-9(14(26)27)1-7-4-17-6-19-7/h4,6,8-9H,1-3,5,15H2,(H2,16,22)(H,17,19)(H,18,23)(H,20,24)(H,21,25)(H,26,27)/t8-,9-/m0/s1. The Morgan fingerprint density at radius 2 is 1.85 bits per heavy atom. The first-order chi connectivity index (χ1) is 12.7. The average Bonchev–Trinajstić information content (AvgIpc) is 3.10. The monoisotopic (exact) mass is 383 g/mol. The van der Waals surface area contributed by atoms with Crippen LogP contribution in [0.25, 0.3) is 0 Å². The van der Waals surface area contributed by atoms with Crippen LogP contribution in [0.2, 0.25) is 0 Å². The fourth-order valence-corrected chi connectivity index (χ4v) is 2.00. The van der Waals surface area contributed by atoms with E-state index >= 15 is 0 Å². The number of carbonyl (C=O) groups excluding carboxylic acids is 4. The molecule has 13 nitrogen and oxygen atoms in total. The van der Waals surface area contributed by atoms with Crippen LogP contribution in [0.5, 0.6) is 0 Å². The minimum Gasteiger partial charge on any atom is -0.480 e. The molecule has 0 radical (unpaired) electrons. The summed E-state index contributed by atoms with van der Waals surface area (Å²) in [6, 6.07) is -2.74. The maximum absolute atomic E-state index is 12.3. The van der Waals surface area contributed by atoms with Crippen LogP contribution in [0.1, 0.15) is 12.1 Å². The lowest BCUT2D eigenvalue weighted by atomic mass is 10.1. The fraction of sp³-hybridized carbons (Fsp3) is 0.429. The first kappa shape index (κ1) is 21.6. The van der Waals surface area contributed by atoms with E-state index in [-0.39, 0.29) is 13.0 Å². The molecule has 1 heterocycles. The van der Waals surface area contributed by atoms with E-state index < -0.39 is 54.6 Å². The van der Waals surface area contributed by atoms with Crippen molar-refractivity contribution in [2.45, 2.75) is 24.9 Å². The summed E-state index contributed by atoms with van der Waals surface area (Å²) in [7, 11) is 0. The normalized spacial score (nSPS) is 12.5. The number of imidazole rings is 1. The second-order valence-corrected chi connectivity index (χ2v) is 5.45. The van der Waals surface area contributed by atoms with Crippen molar-refractivity contribution in [1.82, 2.24) is 25.9 Å². The largest absolute Gasteiger partial charge is 0.480 e. The summed E-state index contributed by atoms with van der Waals surface area (Å²) in [5.41, 5.74) is 10.6. The SMILES string of the molecule is NCC(=O)NCC(=O)N[C@@H](CC(N)=O)C(=O)N[C@@H](Cc1cnc[nH]1)C(=O)O. The lowest BCUT2D eigenvalue weighted by Gasteiger charge is -2.20. The number of nitrogens with two attached hydrogens (primary N) is 2. The third kappa shape index (κ3) is 7.96. The van der Waals surface area contributed by atoms with Crippen LogP contribution in [0, 0.1) is 0 Å². The van der Waals surface area contributed by atoms with Gasteiger partial charge in [-0.05, 0) is 0 Å². The number of carboxylic acids is 1. The lowest BCUT2D eigenvalue weighted by Crippen LogP contribution is -2.54. The quantitative estimate of drug-likeness (QED) is 0.199. The summed E-state index contributed by atoms with van der Waals surface area (Å²) in [4.78, 5) is 64.1. The highest BCUT2D eigenvalue weighted by molar-refractivity contribution is 5.94. The molecule has 1 aromatic heterocycles. The van der Waals surface area contributed by atoms with Gasteiger partial charge < -0.3 is 37.5 Å². The Hall–Kier alpha value is -3.48. The summed E-state index contributed by atoms with van der Waals surface area (Å²) in [5, 5.41) is 15.9. The summed E-state index contributed by atoms with van der Waals surface area (Å²) in [6.07, 6.45) is 2.09. The number of carboxylic acid groups (broad SMARTS) is 1. The zero-order valence-corrected chi connectivity index (χ0v) is 14.2. The van der Waals surface area contributed by atoms with Gasteiger partial charge in [-0.3, -0.25) is 19.2 Å². The Kier molecular flexibility index (Phi) is 8.38. The molecule has 1 rings (SSSR count). The van der Waals surface area contributed by atoms with Crippen molar-refractivity contribution in [2.24, 2.45) is 11.5 Å². The molecule has 13 heteroatoms. The van der Waals surface area contributed by atoms with Gasteiger partial charge in [0, 0.05) is 18.3 Å². The van der Waals surface area contributed by atoms with Crippen LogP contribution in [0.3, 0.4) is 0 Å². The van der Waals surface area contributed by atoms with Crippen LogP contribution in [-0.4, -0.2) is 69.8 Å². The number of aromatic amines is 1. The average molecular weight is 383 g/mol. The van der Waals surface area contributed by atoms with Crippen molar-refractivity contribution in [3.63, 3.8) is 0 Å². The third-order valence-electron chi connectivity index (χ3n) is 3.28. The Bertz CT molecular complexity index is 690. The second-order valence-electron chi connectivity index (χ2n) is 5.45. The molecule has 0 unspecified atom stereocenters. The molecule has 148 valence electrons.